The predicted molar refractivity (Wildman–Crippen MR) is 93.5 cm³/mol. The second-order valence-corrected chi connectivity index (χ2v) is 6.99. The number of ether oxygens (including phenoxy) is 1. The maximum atomic E-state index is 11.7. The lowest BCUT2D eigenvalue weighted by Gasteiger charge is -2.24. The number of hydrogen-bond acceptors (Lipinski definition) is 3. The number of primary amides is 1. The van der Waals surface area contributed by atoms with Crippen LogP contribution in [0.2, 0.25) is 5.02 Å². The summed E-state index contributed by atoms with van der Waals surface area (Å²) in [6.07, 6.45) is 5.46. The van der Waals surface area contributed by atoms with Gasteiger partial charge in [-0.2, -0.15) is 5.10 Å². The van der Waals surface area contributed by atoms with E-state index in [9.17, 15) is 4.79 Å². The minimum Gasteiger partial charge on any atom is -0.369 e. The Hall–Kier alpha value is -1.11. The van der Waals surface area contributed by atoms with Gasteiger partial charge in [0.15, 0.2) is 6.23 Å². The first-order chi connectivity index (χ1) is 11.0. The van der Waals surface area contributed by atoms with E-state index in [2.05, 4.69) is 21.0 Å². The molecule has 7 heteroatoms. The summed E-state index contributed by atoms with van der Waals surface area (Å²) < 4.78 is 8.48. The van der Waals surface area contributed by atoms with Gasteiger partial charge in [-0.15, -0.1) is 0 Å². The van der Waals surface area contributed by atoms with E-state index in [-0.39, 0.29) is 12.1 Å². The van der Waals surface area contributed by atoms with Crippen LogP contribution in [0.1, 0.15) is 50.3 Å². The van der Waals surface area contributed by atoms with Crippen molar-refractivity contribution < 1.29 is 9.53 Å². The van der Waals surface area contributed by atoms with Crippen molar-refractivity contribution >= 4 is 44.3 Å². The Morgan fingerprint density at radius 1 is 1.61 bits per heavy atom. The van der Waals surface area contributed by atoms with E-state index in [1.165, 1.54) is 0 Å². The Morgan fingerprint density at radius 3 is 3.00 bits per heavy atom. The molecule has 2 heterocycles. The van der Waals surface area contributed by atoms with Gasteiger partial charge in [-0.25, -0.2) is 4.68 Å². The number of aromatic nitrogens is 2. The third kappa shape index (κ3) is 2.99. The first kappa shape index (κ1) is 16.7. The van der Waals surface area contributed by atoms with E-state index in [1.54, 1.807) is 6.20 Å². The molecule has 1 amide bonds. The number of rotatable bonds is 4. The molecule has 0 spiro atoms. The zero-order valence-corrected chi connectivity index (χ0v) is 15.2. The molecule has 1 aromatic heterocycles. The van der Waals surface area contributed by atoms with Crippen LogP contribution in [0.3, 0.4) is 0 Å². The van der Waals surface area contributed by atoms with E-state index in [0.29, 0.717) is 11.4 Å². The first-order valence-electron chi connectivity index (χ1n) is 7.80. The quantitative estimate of drug-likeness (QED) is 0.839. The molecule has 1 fully saturated rings. The SMILES string of the molecule is CCC(C(N)=O)c1c(Cl)cc2c(cnn2C2CCCCO2)c1Br. The highest BCUT2D eigenvalue weighted by Gasteiger charge is 2.26. The molecule has 2 N–H and O–H groups in total. The Balaban J connectivity index is 2.12. The monoisotopic (exact) mass is 399 g/mol. The number of halogens is 2. The molecule has 2 unspecified atom stereocenters. The summed E-state index contributed by atoms with van der Waals surface area (Å²) >= 11 is 10.1. The third-order valence-electron chi connectivity index (χ3n) is 4.36. The fourth-order valence-corrected chi connectivity index (χ4v) is 4.38. The summed E-state index contributed by atoms with van der Waals surface area (Å²) in [5, 5.41) is 5.91. The van der Waals surface area contributed by atoms with E-state index >= 15 is 0 Å². The highest BCUT2D eigenvalue weighted by Crippen LogP contribution is 2.40. The van der Waals surface area contributed by atoms with Gasteiger partial charge in [0.2, 0.25) is 5.91 Å². The number of hydrogen-bond donors (Lipinski definition) is 1. The van der Waals surface area contributed by atoms with E-state index in [4.69, 9.17) is 22.1 Å². The van der Waals surface area contributed by atoms with Crippen molar-refractivity contribution in [1.29, 1.82) is 0 Å². The molecule has 1 aromatic carbocycles. The average Bonchev–Trinajstić information content (AvgIpc) is 2.95. The maximum Gasteiger partial charge on any atom is 0.225 e. The van der Waals surface area contributed by atoms with Crippen LogP contribution >= 0.6 is 27.5 Å². The molecule has 2 aromatic rings. The van der Waals surface area contributed by atoms with E-state index < -0.39 is 5.92 Å². The van der Waals surface area contributed by atoms with Crippen molar-refractivity contribution in [3.05, 3.63) is 27.3 Å². The summed E-state index contributed by atoms with van der Waals surface area (Å²) in [5.41, 5.74) is 7.16. The number of benzene rings is 1. The van der Waals surface area contributed by atoms with Crippen LogP contribution in [0, 0.1) is 0 Å². The summed E-state index contributed by atoms with van der Waals surface area (Å²) in [7, 11) is 0. The van der Waals surface area contributed by atoms with E-state index in [1.807, 2.05) is 17.7 Å². The fraction of sp³-hybridized carbons (Fsp3) is 0.500. The molecule has 23 heavy (non-hydrogen) atoms. The van der Waals surface area contributed by atoms with Gasteiger partial charge >= 0.3 is 0 Å². The highest BCUT2D eigenvalue weighted by molar-refractivity contribution is 9.10. The zero-order valence-electron chi connectivity index (χ0n) is 12.9. The molecular formula is C16H19BrClN3O2. The smallest absolute Gasteiger partial charge is 0.225 e. The molecule has 0 radical (unpaired) electrons. The van der Waals surface area contributed by atoms with Crippen molar-refractivity contribution in [1.82, 2.24) is 9.78 Å². The Kier molecular flexibility index (Phi) is 4.94. The topological polar surface area (TPSA) is 70.1 Å². The fourth-order valence-electron chi connectivity index (χ4n) is 3.15. The normalized spacial score (nSPS) is 19.9. The van der Waals surface area contributed by atoms with Gasteiger partial charge in [-0.05, 0) is 53.2 Å². The van der Waals surface area contributed by atoms with Crippen LogP contribution in [0.4, 0.5) is 0 Å². The lowest BCUT2D eigenvalue weighted by Crippen LogP contribution is -2.21. The third-order valence-corrected chi connectivity index (χ3v) is 5.52. The largest absolute Gasteiger partial charge is 0.369 e. The first-order valence-corrected chi connectivity index (χ1v) is 8.97. The number of nitrogens with zero attached hydrogens (tertiary/aromatic N) is 2. The molecule has 0 bridgehead atoms. The van der Waals surface area contributed by atoms with Crippen LogP contribution in [-0.4, -0.2) is 22.3 Å². The number of carbonyl (C=O) groups excluding carboxylic acids is 1. The summed E-state index contributed by atoms with van der Waals surface area (Å²) in [6.45, 7) is 2.67. The minimum atomic E-state index is -0.421. The van der Waals surface area contributed by atoms with Crippen LogP contribution in [0.25, 0.3) is 10.9 Å². The maximum absolute atomic E-state index is 11.7. The molecule has 5 nitrogen and oxygen atoms in total. The van der Waals surface area contributed by atoms with Crippen molar-refractivity contribution in [2.75, 3.05) is 6.61 Å². The van der Waals surface area contributed by atoms with Gasteiger partial charge in [0.1, 0.15) is 0 Å². The van der Waals surface area contributed by atoms with Crippen molar-refractivity contribution in [3.63, 3.8) is 0 Å². The van der Waals surface area contributed by atoms with Crippen molar-refractivity contribution in [2.24, 2.45) is 5.73 Å². The molecule has 124 valence electrons. The van der Waals surface area contributed by atoms with Crippen LogP contribution in [0.15, 0.2) is 16.7 Å². The lowest BCUT2D eigenvalue weighted by atomic mass is 9.94. The molecular weight excluding hydrogens is 382 g/mol. The summed E-state index contributed by atoms with van der Waals surface area (Å²) in [5.74, 6) is -0.798. The highest BCUT2D eigenvalue weighted by atomic mass is 79.9. The van der Waals surface area contributed by atoms with Crippen LogP contribution in [0.5, 0.6) is 0 Å². The summed E-state index contributed by atoms with van der Waals surface area (Å²) in [6, 6.07) is 1.85. The number of nitrogens with two attached hydrogens (primary N) is 1. The van der Waals surface area contributed by atoms with Gasteiger partial charge < -0.3 is 10.5 Å². The molecule has 1 aliphatic rings. The second kappa shape index (κ2) is 6.79. The van der Waals surface area contributed by atoms with Crippen molar-refractivity contribution in [2.45, 2.75) is 44.8 Å². The minimum absolute atomic E-state index is 0.0619. The van der Waals surface area contributed by atoms with Crippen molar-refractivity contribution in [3.8, 4) is 0 Å². The number of fused-ring (bicyclic) bond motifs is 1. The lowest BCUT2D eigenvalue weighted by molar-refractivity contribution is -0.119. The second-order valence-electron chi connectivity index (χ2n) is 5.79. The molecule has 2 atom stereocenters. The number of carbonyl (C=O) groups is 1. The zero-order chi connectivity index (χ0) is 16.6. The van der Waals surface area contributed by atoms with Gasteiger partial charge in [0, 0.05) is 21.5 Å². The Morgan fingerprint density at radius 2 is 2.39 bits per heavy atom. The van der Waals surface area contributed by atoms with Gasteiger partial charge in [0.25, 0.3) is 0 Å². The van der Waals surface area contributed by atoms with E-state index in [0.717, 1.165) is 46.8 Å². The van der Waals surface area contributed by atoms with Gasteiger partial charge in [-0.3, -0.25) is 4.79 Å². The Labute approximate surface area is 148 Å². The molecule has 1 saturated heterocycles. The number of amides is 1. The molecule has 0 aliphatic carbocycles. The van der Waals surface area contributed by atoms with Gasteiger partial charge in [-0.1, -0.05) is 18.5 Å². The predicted octanol–water partition coefficient (Wildman–Crippen LogP) is 4.13. The molecule has 3 rings (SSSR count). The summed E-state index contributed by atoms with van der Waals surface area (Å²) in [4.78, 5) is 11.7. The molecule has 0 saturated carbocycles. The van der Waals surface area contributed by atoms with Crippen LogP contribution < -0.4 is 5.73 Å². The standard InChI is InChI=1S/C16H19BrClN3O2/c1-2-9(16(19)22)14-11(18)7-12-10(15(14)17)8-20-21(12)13-5-3-4-6-23-13/h7-9,13H,2-6H2,1H3,(H2,19,22). The van der Waals surface area contributed by atoms with Crippen LogP contribution in [-0.2, 0) is 9.53 Å². The average molecular weight is 401 g/mol. The Bertz CT molecular complexity index is 740. The van der Waals surface area contributed by atoms with Gasteiger partial charge in [0.05, 0.1) is 17.6 Å². The molecule has 1 aliphatic heterocycles.